The Bertz CT molecular complexity index is 2030. The molecule has 0 radical (unpaired) electrons. The van der Waals surface area contributed by atoms with Crippen molar-refractivity contribution in [1.82, 2.24) is 9.97 Å². The van der Waals surface area contributed by atoms with Gasteiger partial charge < -0.3 is 9.80 Å². The molecule has 0 aliphatic rings. The lowest BCUT2D eigenvalue weighted by Crippen LogP contribution is -2.25. The molecular formula is C52H54N4. The first-order chi connectivity index (χ1) is 27.6. The van der Waals surface area contributed by atoms with Gasteiger partial charge in [-0.3, -0.25) is 9.97 Å². The van der Waals surface area contributed by atoms with Crippen LogP contribution in [0.4, 0.5) is 11.4 Å². The highest BCUT2D eigenvalue weighted by Gasteiger charge is 2.09. The van der Waals surface area contributed by atoms with Crippen LogP contribution < -0.4 is 9.80 Å². The molecule has 5 rings (SSSR count). The monoisotopic (exact) mass is 734 g/mol. The first-order valence-electron chi connectivity index (χ1n) is 20.4. The molecule has 4 nitrogen and oxygen atoms in total. The minimum atomic E-state index is 0.779. The number of unbranched alkanes of at least 4 members (excludes halogenated alkanes) is 4. The number of benzene rings is 3. The first-order valence-corrected chi connectivity index (χ1v) is 20.4. The molecule has 2 aromatic heterocycles. The molecule has 0 bridgehead atoms. The summed E-state index contributed by atoms with van der Waals surface area (Å²) in [6.45, 7) is 13.3. The summed E-state index contributed by atoms with van der Waals surface area (Å²) in [6, 6.07) is 29.1. The maximum atomic E-state index is 4.25. The second-order valence-corrected chi connectivity index (χ2v) is 13.9. The molecule has 0 saturated carbocycles. The third kappa shape index (κ3) is 13.0. The lowest BCUT2D eigenvalue weighted by molar-refractivity contribution is 0.678. The van der Waals surface area contributed by atoms with E-state index in [1.807, 2.05) is 36.4 Å². The van der Waals surface area contributed by atoms with E-state index in [0.29, 0.717) is 0 Å². The summed E-state index contributed by atoms with van der Waals surface area (Å²) in [5, 5.41) is 0. The predicted octanol–water partition coefficient (Wildman–Crippen LogP) is 10.9. The van der Waals surface area contributed by atoms with Gasteiger partial charge in [0.25, 0.3) is 0 Å². The highest BCUT2D eigenvalue weighted by molar-refractivity contribution is 5.65. The number of pyridine rings is 2. The van der Waals surface area contributed by atoms with E-state index in [-0.39, 0.29) is 0 Å². The minimum Gasteiger partial charge on any atom is -0.372 e. The summed E-state index contributed by atoms with van der Waals surface area (Å²) in [5.74, 6) is 27.1. The molecule has 0 atom stereocenters. The van der Waals surface area contributed by atoms with E-state index < -0.39 is 0 Å². The van der Waals surface area contributed by atoms with E-state index in [4.69, 9.17) is 0 Å². The number of hydrogen-bond acceptors (Lipinski definition) is 4. The van der Waals surface area contributed by atoms with Crippen molar-refractivity contribution in [2.75, 3.05) is 36.0 Å². The molecule has 0 aliphatic carbocycles. The molecule has 0 amide bonds. The van der Waals surface area contributed by atoms with Crippen molar-refractivity contribution >= 4 is 11.4 Å². The number of aromatic nitrogens is 2. The topological polar surface area (TPSA) is 32.3 Å². The Morgan fingerprint density at radius 3 is 1.00 bits per heavy atom. The smallest absolute Gasteiger partial charge is 0.0432 e. The molecule has 282 valence electrons. The lowest BCUT2D eigenvalue weighted by Gasteiger charge is -2.24. The van der Waals surface area contributed by atoms with Crippen LogP contribution in [0.2, 0.25) is 0 Å². The highest BCUT2D eigenvalue weighted by atomic mass is 15.1. The summed E-state index contributed by atoms with van der Waals surface area (Å²) >= 11 is 0. The molecule has 0 spiro atoms. The predicted molar refractivity (Wildman–Crippen MR) is 236 cm³/mol. The van der Waals surface area contributed by atoms with E-state index in [9.17, 15) is 0 Å². The van der Waals surface area contributed by atoms with E-state index in [1.165, 1.54) is 62.7 Å². The molecule has 0 saturated heterocycles. The first kappa shape index (κ1) is 41.0. The van der Waals surface area contributed by atoms with Crippen LogP contribution in [0, 0.1) is 47.4 Å². The van der Waals surface area contributed by atoms with Gasteiger partial charge >= 0.3 is 0 Å². The molecule has 3 aromatic carbocycles. The maximum Gasteiger partial charge on any atom is 0.0432 e. The van der Waals surface area contributed by atoms with Crippen molar-refractivity contribution in [3.63, 3.8) is 0 Å². The van der Waals surface area contributed by atoms with Crippen LogP contribution in [-0.2, 0) is 0 Å². The zero-order valence-electron chi connectivity index (χ0n) is 33.7. The number of anilines is 2. The van der Waals surface area contributed by atoms with Gasteiger partial charge in [0.15, 0.2) is 0 Å². The number of rotatable bonds is 14. The van der Waals surface area contributed by atoms with E-state index in [2.05, 4.69) is 143 Å². The van der Waals surface area contributed by atoms with Crippen LogP contribution in [0.3, 0.4) is 0 Å². The Hall–Kier alpha value is -6.20. The molecule has 0 N–H and O–H groups in total. The Kier molecular flexibility index (Phi) is 16.7. The Morgan fingerprint density at radius 1 is 0.393 bits per heavy atom. The van der Waals surface area contributed by atoms with Gasteiger partial charge in [-0.2, -0.15) is 0 Å². The molecule has 56 heavy (non-hydrogen) atoms. The van der Waals surface area contributed by atoms with Gasteiger partial charge in [0.05, 0.1) is 0 Å². The van der Waals surface area contributed by atoms with Gasteiger partial charge in [-0.1, -0.05) is 101 Å². The van der Waals surface area contributed by atoms with Gasteiger partial charge in [0, 0.05) is 107 Å². The summed E-state index contributed by atoms with van der Waals surface area (Å²) in [6.07, 6.45) is 16.5. The van der Waals surface area contributed by atoms with E-state index >= 15 is 0 Å². The van der Waals surface area contributed by atoms with Crippen LogP contribution in [0.25, 0.3) is 0 Å². The van der Waals surface area contributed by atoms with Gasteiger partial charge in [-0.15, -0.1) is 0 Å². The van der Waals surface area contributed by atoms with Crippen LogP contribution in [0.1, 0.15) is 124 Å². The quantitative estimate of drug-likeness (QED) is 0.106. The Labute approximate surface area is 336 Å². The summed E-state index contributed by atoms with van der Waals surface area (Å²) in [7, 11) is 0. The van der Waals surface area contributed by atoms with Crippen molar-refractivity contribution in [3.05, 3.63) is 154 Å². The lowest BCUT2D eigenvalue weighted by atomic mass is 9.97. The van der Waals surface area contributed by atoms with Crippen molar-refractivity contribution in [2.45, 2.75) is 79.1 Å². The average Bonchev–Trinajstić information content (AvgIpc) is 3.25. The molecule has 0 fully saturated rings. The second kappa shape index (κ2) is 22.9. The minimum absolute atomic E-state index is 0.779. The molecule has 0 unspecified atom stereocenters. The number of nitrogens with zero attached hydrogens (tertiary/aromatic N) is 4. The molecule has 4 heteroatoms. The van der Waals surface area contributed by atoms with Crippen LogP contribution in [0.5, 0.6) is 0 Å². The van der Waals surface area contributed by atoms with Crippen LogP contribution in [0.15, 0.2) is 110 Å². The number of hydrogen-bond donors (Lipinski definition) is 0. The second-order valence-electron chi connectivity index (χ2n) is 13.9. The third-order valence-corrected chi connectivity index (χ3v) is 9.44. The van der Waals surface area contributed by atoms with Gasteiger partial charge in [-0.05, 0) is 111 Å². The van der Waals surface area contributed by atoms with Gasteiger partial charge in [0.1, 0.15) is 0 Å². The van der Waals surface area contributed by atoms with Crippen molar-refractivity contribution in [1.29, 1.82) is 0 Å². The Morgan fingerprint density at radius 2 is 0.714 bits per heavy atom. The maximum absolute atomic E-state index is 4.25. The highest BCUT2D eigenvalue weighted by Crippen LogP contribution is 2.20. The van der Waals surface area contributed by atoms with Crippen molar-refractivity contribution < 1.29 is 0 Å². The Balaban J connectivity index is 1.56. The third-order valence-electron chi connectivity index (χ3n) is 9.44. The van der Waals surface area contributed by atoms with Crippen LogP contribution >= 0.6 is 0 Å². The molecular weight excluding hydrogens is 681 g/mol. The SMILES string of the molecule is CCCCN(CCCC)c1ccc(C#Cc2cc(C#Cc3cccnc3)c(C#Cc3cccnc3)cc2C#Cc2ccc(N(CCCC)CCCC)cc2)cc1. The van der Waals surface area contributed by atoms with Gasteiger partial charge in [0.2, 0.25) is 0 Å². The van der Waals surface area contributed by atoms with Crippen molar-refractivity contribution in [2.24, 2.45) is 0 Å². The molecule has 2 heterocycles. The van der Waals surface area contributed by atoms with Gasteiger partial charge in [-0.25, -0.2) is 0 Å². The molecule has 0 aliphatic heterocycles. The normalized spacial score (nSPS) is 10.1. The summed E-state index contributed by atoms with van der Waals surface area (Å²) < 4.78 is 0. The van der Waals surface area contributed by atoms with Crippen LogP contribution in [-0.4, -0.2) is 36.1 Å². The zero-order valence-corrected chi connectivity index (χ0v) is 33.7. The average molecular weight is 735 g/mol. The van der Waals surface area contributed by atoms with E-state index in [0.717, 1.165) is 70.7 Å². The fraction of sp³-hybridized carbons (Fsp3) is 0.308. The largest absolute Gasteiger partial charge is 0.372 e. The standard InChI is InChI=1S/C52H54N4/c1-5-9-35-55(36-10-6-2)51-29-21-43(22-30-51)17-25-47-39-49(27-19-45-15-13-33-53-41-45)50(28-20-46-16-14-34-54-42-46)40-48(47)26-18-44-23-31-52(32-24-44)56(37-11-7-3)38-12-8-4/h13-16,21-24,29-34,39-42H,5-12,35-38H2,1-4H3. The fourth-order valence-electron chi connectivity index (χ4n) is 6.09. The van der Waals surface area contributed by atoms with Crippen molar-refractivity contribution in [3.8, 4) is 47.4 Å². The summed E-state index contributed by atoms with van der Waals surface area (Å²) in [4.78, 5) is 13.5. The van der Waals surface area contributed by atoms with E-state index in [1.54, 1.807) is 24.8 Å². The zero-order chi connectivity index (χ0) is 39.2. The summed E-state index contributed by atoms with van der Waals surface area (Å²) in [5.41, 5.74) is 9.22. The fourth-order valence-corrected chi connectivity index (χ4v) is 6.09. The molecule has 5 aromatic rings.